The second-order valence-corrected chi connectivity index (χ2v) is 3.51. The Balaban J connectivity index is 2.44. The second-order valence-electron chi connectivity index (χ2n) is 3.24. The molecule has 0 N–H and O–H groups in total. The summed E-state index contributed by atoms with van der Waals surface area (Å²) in [4.78, 5) is 6.47. The summed E-state index contributed by atoms with van der Waals surface area (Å²) in [6.07, 6.45) is 3.68. The fourth-order valence-corrected chi connectivity index (χ4v) is 1.67. The van der Waals surface area contributed by atoms with E-state index in [1.807, 2.05) is 12.5 Å². The summed E-state index contributed by atoms with van der Waals surface area (Å²) >= 11 is 5.78. The number of hydrogen-bond donors (Lipinski definition) is 0. The standard InChI is InChI=1S/C10H18ClN3/c1-3-13(4-2)5-6-14-9-12-8-10(14)7-11/h8-9H,3-7H2,1-2H3. The van der Waals surface area contributed by atoms with E-state index in [-0.39, 0.29) is 0 Å². The summed E-state index contributed by atoms with van der Waals surface area (Å²) in [6, 6.07) is 0. The minimum absolute atomic E-state index is 0.540. The van der Waals surface area contributed by atoms with Crippen LogP contribution in [-0.2, 0) is 12.4 Å². The summed E-state index contributed by atoms with van der Waals surface area (Å²) in [6.45, 7) is 8.60. The molecule has 0 unspecified atom stereocenters. The van der Waals surface area contributed by atoms with Crippen LogP contribution in [0.1, 0.15) is 19.5 Å². The van der Waals surface area contributed by atoms with Crippen LogP contribution in [-0.4, -0.2) is 34.1 Å². The van der Waals surface area contributed by atoms with Gasteiger partial charge in [-0.25, -0.2) is 4.98 Å². The van der Waals surface area contributed by atoms with Crippen molar-refractivity contribution >= 4 is 11.6 Å². The third kappa shape index (κ3) is 3.00. The average Bonchev–Trinajstić information content (AvgIpc) is 2.67. The normalized spacial score (nSPS) is 11.1. The number of alkyl halides is 1. The van der Waals surface area contributed by atoms with Gasteiger partial charge in [0.05, 0.1) is 17.9 Å². The molecular weight excluding hydrogens is 198 g/mol. The van der Waals surface area contributed by atoms with Crippen molar-refractivity contribution in [2.75, 3.05) is 19.6 Å². The first-order valence-electron chi connectivity index (χ1n) is 5.09. The number of hydrogen-bond acceptors (Lipinski definition) is 2. The quantitative estimate of drug-likeness (QED) is 0.677. The van der Waals surface area contributed by atoms with Crippen molar-refractivity contribution in [2.24, 2.45) is 0 Å². The summed E-state index contributed by atoms with van der Waals surface area (Å²) in [5.74, 6) is 0.540. The van der Waals surface area contributed by atoms with Crippen molar-refractivity contribution < 1.29 is 0 Å². The van der Waals surface area contributed by atoms with Gasteiger partial charge in [-0.15, -0.1) is 11.6 Å². The van der Waals surface area contributed by atoms with Gasteiger partial charge in [0.25, 0.3) is 0 Å². The predicted molar refractivity (Wildman–Crippen MR) is 59.6 cm³/mol. The molecule has 1 aromatic heterocycles. The molecule has 3 nitrogen and oxygen atoms in total. The van der Waals surface area contributed by atoms with Crippen LogP contribution >= 0.6 is 11.6 Å². The highest BCUT2D eigenvalue weighted by Crippen LogP contribution is 2.03. The highest BCUT2D eigenvalue weighted by Gasteiger charge is 2.02. The van der Waals surface area contributed by atoms with Crippen LogP contribution in [0.3, 0.4) is 0 Å². The van der Waals surface area contributed by atoms with Gasteiger partial charge in [0.15, 0.2) is 0 Å². The van der Waals surface area contributed by atoms with Crippen molar-refractivity contribution in [1.82, 2.24) is 14.5 Å². The zero-order valence-electron chi connectivity index (χ0n) is 8.91. The maximum Gasteiger partial charge on any atom is 0.0948 e. The van der Waals surface area contributed by atoms with Crippen molar-refractivity contribution in [3.8, 4) is 0 Å². The zero-order valence-corrected chi connectivity index (χ0v) is 9.67. The molecular formula is C10H18ClN3. The molecule has 80 valence electrons. The number of likely N-dealkylation sites (N-methyl/N-ethyl adjacent to an activating group) is 1. The van der Waals surface area contributed by atoms with E-state index in [1.165, 1.54) is 0 Å². The van der Waals surface area contributed by atoms with E-state index >= 15 is 0 Å². The number of imidazole rings is 1. The van der Waals surface area contributed by atoms with Crippen LogP contribution in [0.5, 0.6) is 0 Å². The molecule has 0 saturated carbocycles. The summed E-state index contributed by atoms with van der Waals surface area (Å²) < 4.78 is 2.12. The lowest BCUT2D eigenvalue weighted by molar-refractivity contribution is 0.289. The molecule has 0 aliphatic carbocycles. The van der Waals surface area contributed by atoms with E-state index in [4.69, 9.17) is 11.6 Å². The van der Waals surface area contributed by atoms with Gasteiger partial charge in [-0.3, -0.25) is 0 Å². The zero-order chi connectivity index (χ0) is 10.4. The molecule has 1 aromatic rings. The fraction of sp³-hybridized carbons (Fsp3) is 0.700. The van der Waals surface area contributed by atoms with Gasteiger partial charge in [-0.2, -0.15) is 0 Å². The molecule has 0 radical (unpaired) electrons. The third-order valence-corrected chi connectivity index (χ3v) is 2.76. The Bertz CT molecular complexity index is 256. The number of rotatable bonds is 6. The second kappa shape index (κ2) is 6.04. The van der Waals surface area contributed by atoms with E-state index < -0.39 is 0 Å². The van der Waals surface area contributed by atoms with Gasteiger partial charge in [0.2, 0.25) is 0 Å². The van der Waals surface area contributed by atoms with Crippen molar-refractivity contribution in [2.45, 2.75) is 26.3 Å². The van der Waals surface area contributed by atoms with Gasteiger partial charge < -0.3 is 9.47 Å². The van der Waals surface area contributed by atoms with E-state index in [1.54, 1.807) is 0 Å². The van der Waals surface area contributed by atoms with E-state index in [0.717, 1.165) is 31.9 Å². The first-order chi connectivity index (χ1) is 6.81. The van der Waals surface area contributed by atoms with Crippen molar-refractivity contribution in [1.29, 1.82) is 0 Å². The number of halogens is 1. The summed E-state index contributed by atoms with van der Waals surface area (Å²) in [7, 11) is 0. The lowest BCUT2D eigenvalue weighted by atomic mass is 10.4. The highest BCUT2D eigenvalue weighted by molar-refractivity contribution is 6.16. The summed E-state index contributed by atoms with van der Waals surface area (Å²) in [5, 5.41) is 0. The smallest absolute Gasteiger partial charge is 0.0948 e. The summed E-state index contributed by atoms with van der Waals surface area (Å²) in [5.41, 5.74) is 1.10. The van der Waals surface area contributed by atoms with E-state index in [9.17, 15) is 0 Å². The van der Waals surface area contributed by atoms with Gasteiger partial charge >= 0.3 is 0 Å². The first-order valence-corrected chi connectivity index (χ1v) is 5.62. The highest BCUT2D eigenvalue weighted by atomic mass is 35.5. The van der Waals surface area contributed by atoms with Gasteiger partial charge in [0.1, 0.15) is 0 Å². The maximum atomic E-state index is 5.78. The van der Waals surface area contributed by atoms with Gasteiger partial charge in [-0.1, -0.05) is 13.8 Å². The maximum absolute atomic E-state index is 5.78. The minimum Gasteiger partial charge on any atom is -0.332 e. The van der Waals surface area contributed by atoms with Crippen LogP contribution in [0.25, 0.3) is 0 Å². The molecule has 4 heteroatoms. The molecule has 0 atom stereocenters. The SMILES string of the molecule is CCN(CC)CCn1cncc1CCl. The van der Waals surface area contributed by atoms with Crippen LogP contribution in [0.2, 0.25) is 0 Å². The lowest BCUT2D eigenvalue weighted by Gasteiger charge is -2.18. The number of aromatic nitrogens is 2. The molecule has 1 heterocycles. The van der Waals surface area contributed by atoms with E-state index in [2.05, 4.69) is 28.3 Å². The minimum atomic E-state index is 0.540. The van der Waals surface area contributed by atoms with Crippen LogP contribution < -0.4 is 0 Å². The van der Waals surface area contributed by atoms with Crippen molar-refractivity contribution in [3.05, 3.63) is 18.2 Å². The Hall–Kier alpha value is -0.540. The lowest BCUT2D eigenvalue weighted by Crippen LogP contribution is -2.27. The molecule has 0 aliphatic heterocycles. The van der Waals surface area contributed by atoms with Gasteiger partial charge in [-0.05, 0) is 13.1 Å². The van der Waals surface area contributed by atoms with Crippen molar-refractivity contribution in [3.63, 3.8) is 0 Å². The molecule has 14 heavy (non-hydrogen) atoms. The van der Waals surface area contributed by atoms with E-state index in [0.29, 0.717) is 5.88 Å². The van der Waals surface area contributed by atoms with Crippen LogP contribution in [0.15, 0.2) is 12.5 Å². The monoisotopic (exact) mass is 215 g/mol. The topological polar surface area (TPSA) is 21.1 Å². The Morgan fingerprint density at radius 2 is 2.14 bits per heavy atom. The average molecular weight is 216 g/mol. The molecule has 0 aromatic carbocycles. The molecule has 0 fully saturated rings. The Morgan fingerprint density at radius 1 is 1.43 bits per heavy atom. The first kappa shape index (κ1) is 11.5. The molecule has 0 saturated heterocycles. The predicted octanol–water partition coefficient (Wildman–Crippen LogP) is 1.96. The number of nitrogens with zero attached hydrogens (tertiary/aromatic N) is 3. The Labute approximate surface area is 90.7 Å². The molecule has 0 bridgehead atoms. The van der Waals surface area contributed by atoms with Crippen LogP contribution in [0.4, 0.5) is 0 Å². The third-order valence-electron chi connectivity index (χ3n) is 2.49. The molecule has 0 aliphatic rings. The fourth-order valence-electron chi connectivity index (χ4n) is 1.45. The molecule has 0 spiro atoms. The molecule has 1 rings (SSSR count). The Kier molecular flexibility index (Phi) is 4.98. The Morgan fingerprint density at radius 3 is 2.71 bits per heavy atom. The largest absolute Gasteiger partial charge is 0.332 e. The molecule has 0 amide bonds. The van der Waals surface area contributed by atoms with Crippen LogP contribution in [0, 0.1) is 0 Å². The van der Waals surface area contributed by atoms with Gasteiger partial charge in [0, 0.05) is 19.3 Å².